The fraction of sp³-hybridized carbons (Fsp3) is 0.500. The van der Waals surface area contributed by atoms with Gasteiger partial charge in [0.25, 0.3) is 0 Å². The van der Waals surface area contributed by atoms with Crippen LogP contribution in [0.4, 0.5) is 0 Å². The van der Waals surface area contributed by atoms with E-state index < -0.39 is 0 Å². The summed E-state index contributed by atoms with van der Waals surface area (Å²) >= 11 is 0. The van der Waals surface area contributed by atoms with Gasteiger partial charge < -0.3 is 4.74 Å². The third-order valence-electron chi connectivity index (χ3n) is 3.69. The van der Waals surface area contributed by atoms with Crippen molar-refractivity contribution in [2.24, 2.45) is 4.99 Å². The lowest BCUT2D eigenvalue weighted by Crippen LogP contribution is -2.26. The summed E-state index contributed by atoms with van der Waals surface area (Å²) in [6, 6.07) is 8.04. The van der Waals surface area contributed by atoms with Crippen molar-refractivity contribution in [1.29, 1.82) is 0 Å². The maximum atomic E-state index is 10.4. The summed E-state index contributed by atoms with van der Waals surface area (Å²) in [5.41, 5.74) is 1.16. The molecule has 0 aromatic heterocycles. The van der Waals surface area contributed by atoms with E-state index in [1.807, 2.05) is 18.2 Å². The molecule has 3 heteroatoms. The first-order chi connectivity index (χ1) is 8.32. The quantitative estimate of drug-likeness (QED) is 0.590. The Labute approximate surface area is 102 Å². The Morgan fingerprint density at radius 3 is 2.71 bits per heavy atom. The van der Waals surface area contributed by atoms with Gasteiger partial charge in [-0.05, 0) is 18.9 Å². The fourth-order valence-corrected chi connectivity index (χ4v) is 2.83. The molecular weight excluding hydrogens is 214 g/mol. The summed E-state index contributed by atoms with van der Waals surface area (Å²) in [5.74, 6) is 0.899. The number of methoxy groups -OCH3 is 1. The van der Waals surface area contributed by atoms with E-state index >= 15 is 0 Å². The van der Waals surface area contributed by atoms with Crippen LogP contribution in [-0.4, -0.2) is 19.7 Å². The van der Waals surface area contributed by atoms with E-state index in [4.69, 9.17) is 4.74 Å². The van der Waals surface area contributed by atoms with Gasteiger partial charge in [-0.25, -0.2) is 9.79 Å². The van der Waals surface area contributed by atoms with Crippen molar-refractivity contribution in [3.63, 3.8) is 0 Å². The van der Waals surface area contributed by atoms with Gasteiger partial charge in [0.1, 0.15) is 5.75 Å². The molecule has 0 saturated heterocycles. The fourth-order valence-electron chi connectivity index (χ4n) is 2.83. The molecule has 1 saturated carbocycles. The Morgan fingerprint density at radius 1 is 1.35 bits per heavy atom. The van der Waals surface area contributed by atoms with Gasteiger partial charge in [-0.15, -0.1) is 0 Å². The van der Waals surface area contributed by atoms with Crippen molar-refractivity contribution >= 4 is 6.08 Å². The lowest BCUT2D eigenvalue weighted by molar-refractivity contribution is 0.377. The van der Waals surface area contributed by atoms with Gasteiger partial charge in [-0.3, -0.25) is 0 Å². The Hall–Kier alpha value is -1.60. The SMILES string of the molecule is COc1ccccc1C1(CN=C=O)CCCC1. The summed E-state index contributed by atoms with van der Waals surface area (Å²) in [6.45, 7) is 0.525. The summed E-state index contributed by atoms with van der Waals surface area (Å²) in [6.07, 6.45) is 6.17. The number of hydrogen-bond acceptors (Lipinski definition) is 3. The predicted octanol–water partition coefficient (Wildman–Crippen LogP) is 2.84. The van der Waals surface area contributed by atoms with E-state index in [9.17, 15) is 4.79 Å². The summed E-state index contributed by atoms with van der Waals surface area (Å²) in [4.78, 5) is 14.2. The summed E-state index contributed by atoms with van der Waals surface area (Å²) in [7, 11) is 1.68. The van der Waals surface area contributed by atoms with Crippen LogP contribution in [0.5, 0.6) is 5.75 Å². The number of para-hydroxylation sites is 1. The Kier molecular flexibility index (Phi) is 3.60. The van der Waals surface area contributed by atoms with E-state index in [1.54, 1.807) is 13.2 Å². The molecule has 1 aromatic carbocycles. The molecule has 0 bridgehead atoms. The number of benzene rings is 1. The minimum absolute atomic E-state index is 0.0238. The Morgan fingerprint density at radius 2 is 2.06 bits per heavy atom. The number of hydrogen-bond donors (Lipinski definition) is 0. The van der Waals surface area contributed by atoms with E-state index in [0.29, 0.717) is 6.54 Å². The minimum Gasteiger partial charge on any atom is -0.496 e. The standard InChI is InChI=1S/C14H17NO2/c1-17-13-7-3-2-6-12(13)14(10-15-11-16)8-4-5-9-14/h2-3,6-7H,4-5,8-10H2,1H3. The van der Waals surface area contributed by atoms with E-state index in [2.05, 4.69) is 11.1 Å². The molecule has 0 atom stereocenters. The highest BCUT2D eigenvalue weighted by molar-refractivity contribution is 5.42. The van der Waals surface area contributed by atoms with Crippen molar-refractivity contribution in [1.82, 2.24) is 0 Å². The average molecular weight is 231 g/mol. The van der Waals surface area contributed by atoms with Gasteiger partial charge in [0.2, 0.25) is 6.08 Å². The molecule has 2 rings (SSSR count). The zero-order chi connectivity index (χ0) is 12.1. The third-order valence-corrected chi connectivity index (χ3v) is 3.69. The number of nitrogens with zero attached hydrogens (tertiary/aromatic N) is 1. The van der Waals surface area contributed by atoms with Crippen molar-refractivity contribution in [2.75, 3.05) is 13.7 Å². The topological polar surface area (TPSA) is 38.7 Å². The molecule has 1 aliphatic carbocycles. The van der Waals surface area contributed by atoms with Crippen LogP contribution in [0, 0.1) is 0 Å². The van der Waals surface area contributed by atoms with Gasteiger partial charge in [0.15, 0.2) is 0 Å². The maximum absolute atomic E-state index is 10.4. The Balaban J connectivity index is 2.41. The second kappa shape index (κ2) is 5.15. The molecular formula is C14H17NO2. The molecule has 1 aromatic rings. The van der Waals surface area contributed by atoms with Crippen LogP contribution in [0.3, 0.4) is 0 Å². The summed E-state index contributed by atoms with van der Waals surface area (Å²) in [5, 5.41) is 0. The number of ether oxygens (including phenoxy) is 1. The predicted molar refractivity (Wildman–Crippen MR) is 66.1 cm³/mol. The molecule has 0 N–H and O–H groups in total. The number of isocyanates is 1. The molecule has 0 aliphatic heterocycles. The lowest BCUT2D eigenvalue weighted by Gasteiger charge is -2.28. The zero-order valence-corrected chi connectivity index (χ0v) is 10.1. The molecule has 17 heavy (non-hydrogen) atoms. The second-order valence-corrected chi connectivity index (χ2v) is 4.60. The average Bonchev–Trinajstić information content (AvgIpc) is 2.86. The van der Waals surface area contributed by atoms with Crippen LogP contribution >= 0.6 is 0 Å². The highest BCUT2D eigenvalue weighted by atomic mass is 16.5. The third kappa shape index (κ3) is 2.25. The monoisotopic (exact) mass is 231 g/mol. The first-order valence-electron chi connectivity index (χ1n) is 5.99. The maximum Gasteiger partial charge on any atom is 0.234 e. The van der Waals surface area contributed by atoms with Crippen LogP contribution in [-0.2, 0) is 10.2 Å². The number of carbonyl (C=O) groups excluding carboxylic acids is 1. The molecule has 0 spiro atoms. The largest absolute Gasteiger partial charge is 0.496 e. The molecule has 3 nitrogen and oxygen atoms in total. The van der Waals surface area contributed by atoms with Gasteiger partial charge >= 0.3 is 0 Å². The molecule has 90 valence electrons. The smallest absolute Gasteiger partial charge is 0.234 e. The highest BCUT2D eigenvalue weighted by Gasteiger charge is 2.37. The number of rotatable bonds is 4. The first-order valence-corrected chi connectivity index (χ1v) is 5.99. The van der Waals surface area contributed by atoms with Crippen molar-refractivity contribution in [2.45, 2.75) is 31.1 Å². The van der Waals surface area contributed by atoms with E-state index in [0.717, 1.165) is 18.6 Å². The second-order valence-electron chi connectivity index (χ2n) is 4.60. The molecule has 0 radical (unpaired) electrons. The van der Waals surface area contributed by atoms with Crippen LogP contribution in [0.1, 0.15) is 31.2 Å². The molecule has 1 fully saturated rings. The van der Waals surface area contributed by atoms with E-state index in [-0.39, 0.29) is 5.41 Å². The normalized spacial score (nSPS) is 17.5. The van der Waals surface area contributed by atoms with Crippen LogP contribution in [0.2, 0.25) is 0 Å². The van der Waals surface area contributed by atoms with Gasteiger partial charge in [0.05, 0.1) is 13.7 Å². The summed E-state index contributed by atoms with van der Waals surface area (Å²) < 4.78 is 5.42. The zero-order valence-electron chi connectivity index (χ0n) is 10.1. The van der Waals surface area contributed by atoms with Crippen LogP contribution in [0.15, 0.2) is 29.3 Å². The minimum atomic E-state index is -0.0238. The van der Waals surface area contributed by atoms with Crippen LogP contribution in [0.25, 0.3) is 0 Å². The van der Waals surface area contributed by atoms with Crippen molar-refractivity contribution < 1.29 is 9.53 Å². The molecule has 0 amide bonds. The lowest BCUT2D eigenvalue weighted by atomic mass is 9.78. The molecule has 0 heterocycles. The number of aliphatic imine (C=N–C) groups is 1. The molecule has 0 unspecified atom stereocenters. The van der Waals surface area contributed by atoms with Crippen LogP contribution < -0.4 is 4.74 Å². The molecule has 1 aliphatic rings. The van der Waals surface area contributed by atoms with E-state index in [1.165, 1.54) is 18.4 Å². The van der Waals surface area contributed by atoms with Gasteiger partial charge in [0, 0.05) is 11.0 Å². The highest BCUT2D eigenvalue weighted by Crippen LogP contribution is 2.44. The van der Waals surface area contributed by atoms with Crippen molar-refractivity contribution in [3.05, 3.63) is 29.8 Å². The first kappa shape index (κ1) is 11.9. The van der Waals surface area contributed by atoms with Gasteiger partial charge in [-0.2, -0.15) is 0 Å². The van der Waals surface area contributed by atoms with Gasteiger partial charge in [-0.1, -0.05) is 31.0 Å². The van der Waals surface area contributed by atoms with Crippen molar-refractivity contribution in [3.8, 4) is 5.75 Å². The Bertz CT molecular complexity index is 430.